The molecule has 1 unspecified atom stereocenters. The second kappa shape index (κ2) is 6.05. The SMILES string of the molecule is CNC(C)c1cccc(C#Cc2ccccc2)c1. The fourth-order valence-corrected chi connectivity index (χ4v) is 1.72. The highest BCUT2D eigenvalue weighted by atomic mass is 14.8. The summed E-state index contributed by atoms with van der Waals surface area (Å²) < 4.78 is 0. The lowest BCUT2D eigenvalue weighted by molar-refractivity contribution is 0.652. The van der Waals surface area contributed by atoms with Crippen LogP contribution in [0.5, 0.6) is 0 Å². The maximum Gasteiger partial charge on any atom is 0.0289 e. The molecule has 0 heterocycles. The molecule has 1 heteroatoms. The van der Waals surface area contributed by atoms with E-state index in [2.05, 4.69) is 42.3 Å². The zero-order chi connectivity index (χ0) is 12.8. The Bertz CT molecular complexity index is 561. The van der Waals surface area contributed by atoms with E-state index in [1.807, 2.05) is 43.4 Å². The van der Waals surface area contributed by atoms with Gasteiger partial charge >= 0.3 is 0 Å². The van der Waals surface area contributed by atoms with Gasteiger partial charge in [-0.05, 0) is 43.8 Å². The summed E-state index contributed by atoms with van der Waals surface area (Å²) in [7, 11) is 1.97. The maximum absolute atomic E-state index is 3.23. The molecule has 1 N–H and O–H groups in total. The van der Waals surface area contributed by atoms with E-state index < -0.39 is 0 Å². The molecule has 1 nitrogen and oxygen atoms in total. The summed E-state index contributed by atoms with van der Waals surface area (Å²) in [6.45, 7) is 2.14. The van der Waals surface area contributed by atoms with E-state index in [9.17, 15) is 0 Å². The van der Waals surface area contributed by atoms with Gasteiger partial charge in [0.05, 0.1) is 0 Å². The zero-order valence-electron chi connectivity index (χ0n) is 10.8. The van der Waals surface area contributed by atoms with Crippen LogP contribution in [0.4, 0.5) is 0 Å². The molecular weight excluding hydrogens is 218 g/mol. The molecule has 1 atom stereocenters. The van der Waals surface area contributed by atoms with Gasteiger partial charge in [0.15, 0.2) is 0 Å². The zero-order valence-corrected chi connectivity index (χ0v) is 10.8. The second-order valence-electron chi connectivity index (χ2n) is 4.25. The molecule has 0 bridgehead atoms. The molecule has 0 aromatic heterocycles. The van der Waals surface area contributed by atoms with Gasteiger partial charge in [-0.3, -0.25) is 0 Å². The molecule has 0 amide bonds. The Kier molecular flexibility index (Phi) is 4.17. The minimum atomic E-state index is 0.350. The van der Waals surface area contributed by atoms with Gasteiger partial charge < -0.3 is 5.32 Å². The highest BCUT2D eigenvalue weighted by Crippen LogP contribution is 2.13. The van der Waals surface area contributed by atoms with Crippen LogP contribution in [-0.4, -0.2) is 7.05 Å². The maximum atomic E-state index is 3.23. The van der Waals surface area contributed by atoms with Crippen LogP contribution in [0.25, 0.3) is 0 Å². The molecule has 0 aliphatic carbocycles. The quantitative estimate of drug-likeness (QED) is 0.787. The van der Waals surface area contributed by atoms with Crippen molar-refractivity contribution in [1.82, 2.24) is 5.32 Å². The predicted molar refractivity (Wildman–Crippen MR) is 76.3 cm³/mol. The Hall–Kier alpha value is -2.04. The van der Waals surface area contributed by atoms with Gasteiger partial charge in [0, 0.05) is 17.2 Å². The van der Waals surface area contributed by atoms with Crippen LogP contribution < -0.4 is 5.32 Å². The summed E-state index contributed by atoms with van der Waals surface area (Å²) in [4.78, 5) is 0. The van der Waals surface area contributed by atoms with Crippen molar-refractivity contribution in [3.8, 4) is 11.8 Å². The monoisotopic (exact) mass is 235 g/mol. The molecule has 90 valence electrons. The average Bonchev–Trinajstić information content (AvgIpc) is 2.45. The van der Waals surface area contributed by atoms with Crippen molar-refractivity contribution in [2.75, 3.05) is 7.05 Å². The first kappa shape index (κ1) is 12.4. The Labute approximate surface area is 109 Å². The average molecular weight is 235 g/mol. The summed E-state index contributed by atoms with van der Waals surface area (Å²) >= 11 is 0. The van der Waals surface area contributed by atoms with Crippen molar-refractivity contribution in [2.45, 2.75) is 13.0 Å². The first-order chi connectivity index (χ1) is 8.79. The van der Waals surface area contributed by atoms with Crippen molar-refractivity contribution in [3.63, 3.8) is 0 Å². The van der Waals surface area contributed by atoms with Crippen LogP contribution >= 0.6 is 0 Å². The summed E-state index contributed by atoms with van der Waals surface area (Å²) in [6.07, 6.45) is 0. The van der Waals surface area contributed by atoms with Crippen LogP contribution in [0.1, 0.15) is 29.7 Å². The summed E-state index contributed by atoms with van der Waals surface area (Å²) in [5.41, 5.74) is 3.36. The van der Waals surface area contributed by atoms with Gasteiger partial charge in [-0.2, -0.15) is 0 Å². The molecule has 0 radical (unpaired) electrons. The molecule has 0 spiro atoms. The van der Waals surface area contributed by atoms with Crippen molar-refractivity contribution in [1.29, 1.82) is 0 Å². The fourth-order valence-electron chi connectivity index (χ4n) is 1.72. The highest BCUT2D eigenvalue weighted by molar-refractivity contribution is 5.44. The van der Waals surface area contributed by atoms with E-state index >= 15 is 0 Å². The van der Waals surface area contributed by atoms with Gasteiger partial charge in [-0.1, -0.05) is 42.2 Å². The second-order valence-corrected chi connectivity index (χ2v) is 4.25. The van der Waals surface area contributed by atoms with E-state index in [4.69, 9.17) is 0 Å². The molecule has 18 heavy (non-hydrogen) atoms. The third-order valence-corrected chi connectivity index (χ3v) is 2.94. The molecule has 2 aromatic carbocycles. The molecule has 2 rings (SSSR count). The van der Waals surface area contributed by atoms with Gasteiger partial charge in [0.25, 0.3) is 0 Å². The Morgan fingerprint density at radius 1 is 0.889 bits per heavy atom. The van der Waals surface area contributed by atoms with Crippen molar-refractivity contribution < 1.29 is 0 Å². The third kappa shape index (κ3) is 3.23. The third-order valence-electron chi connectivity index (χ3n) is 2.94. The lowest BCUT2D eigenvalue weighted by Gasteiger charge is -2.10. The topological polar surface area (TPSA) is 12.0 Å². The van der Waals surface area contributed by atoms with Gasteiger partial charge in [0.2, 0.25) is 0 Å². The molecular formula is C17H17N. The van der Waals surface area contributed by atoms with Crippen molar-refractivity contribution >= 4 is 0 Å². The first-order valence-corrected chi connectivity index (χ1v) is 6.14. The van der Waals surface area contributed by atoms with Crippen molar-refractivity contribution in [2.24, 2.45) is 0 Å². The fraction of sp³-hybridized carbons (Fsp3) is 0.176. The molecule has 0 aliphatic rings. The molecule has 0 saturated heterocycles. The van der Waals surface area contributed by atoms with Crippen LogP contribution in [0, 0.1) is 11.8 Å². The van der Waals surface area contributed by atoms with Gasteiger partial charge in [-0.25, -0.2) is 0 Å². The summed E-state index contributed by atoms with van der Waals surface area (Å²) in [5, 5.41) is 3.23. The Balaban J connectivity index is 2.23. The molecule has 0 saturated carbocycles. The predicted octanol–water partition coefficient (Wildman–Crippen LogP) is 3.37. The van der Waals surface area contributed by atoms with E-state index in [-0.39, 0.29) is 0 Å². The van der Waals surface area contributed by atoms with Crippen LogP contribution in [0.15, 0.2) is 54.6 Å². The van der Waals surface area contributed by atoms with E-state index in [0.29, 0.717) is 6.04 Å². The van der Waals surface area contributed by atoms with Gasteiger partial charge in [-0.15, -0.1) is 0 Å². The van der Waals surface area contributed by atoms with Crippen LogP contribution in [0.3, 0.4) is 0 Å². The van der Waals surface area contributed by atoms with E-state index in [1.54, 1.807) is 0 Å². The van der Waals surface area contributed by atoms with Gasteiger partial charge in [0.1, 0.15) is 0 Å². The smallest absolute Gasteiger partial charge is 0.0289 e. The lowest BCUT2D eigenvalue weighted by Crippen LogP contribution is -2.12. The lowest BCUT2D eigenvalue weighted by atomic mass is 10.1. The molecule has 2 aromatic rings. The Morgan fingerprint density at radius 2 is 1.56 bits per heavy atom. The standard InChI is InChI=1S/C17H17N/c1-14(18-2)17-10-6-9-16(13-17)12-11-15-7-4-3-5-8-15/h3-10,13-14,18H,1-2H3. The molecule has 0 aliphatic heterocycles. The van der Waals surface area contributed by atoms with Crippen LogP contribution in [0.2, 0.25) is 0 Å². The van der Waals surface area contributed by atoms with Crippen LogP contribution in [-0.2, 0) is 0 Å². The normalized spacial score (nSPS) is 11.4. The van der Waals surface area contributed by atoms with Crippen molar-refractivity contribution in [3.05, 3.63) is 71.3 Å². The minimum Gasteiger partial charge on any atom is -0.313 e. The number of hydrogen-bond donors (Lipinski definition) is 1. The Morgan fingerprint density at radius 3 is 2.28 bits per heavy atom. The van der Waals surface area contributed by atoms with E-state index in [1.165, 1.54) is 5.56 Å². The molecule has 0 fully saturated rings. The van der Waals surface area contributed by atoms with E-state index in [0.717, 1.165) is 11.1 Å². The number of benzene rings is 2. The number of rotatable bonds is 2. The largest absolute Gasteiger partial charge is 0.313 e. The highest BCUT2D eigenvalue weighted by Gasteiger charge is 2.01. The number of nitrogens with one attached hydrogen (secondary N) is 1. The minimum absolute atomic E-state index is 0.350. The summed E-state index contributed by atoms with van der Waals surface area (Å²) in [6, 6.07) is 18.8. The number of hydrogen-bond acceptors (Lipinski definition) is 1. The summed E-state index contributed by atoms with van der Waals surface area (Å²) in [5.74, 6) is 6.38. The first-order valence-electron chi connectivity index (χ1n) is 6.14.